The van der Waals surface area contributed by atoms with E-state index in [1.165, 1.54) is 18.2 Å². The Morgan fingerprint density at radius 3 is 2.67 bits per heavy atom. The number of nitrogens with zero attached hydrogens (tertiary/aromatic N) is 1. The molecule has 3 aromatic carbocycles. The summed E-state index contributed by atoms with van der Waals surface area (Å²) in [6.07, 6.45) is 1.53. The summed E-state index contributed by atoms with van der Waals surface area (Å²) < 4.78 is 19.9. The van der Waals surface area contributed by atoms with Gasteiger partial charge in [0.15, 0.2) is 0 Å². The lowest BCUT2D eigenvalue weighted by Gasteiger charge is -2.09. The fourth-order valence-electron chi connectivity index (χ4n) is 2.75. The number of benzene rings is 3. The standard InChI is InChI=1S/C24H18FIN2O2/c1-16-4-2-7-21(10-16)28-24(29)19(14-27)11-17-8-9-23(22(26)13-17)30-15-18-5-3-6-20(25)12-18/h2-13H,15H2,1H3,(H,28,29)/b19-11-. The Kier molecular flexibility index (Phi) is 7.20. The molecule has 0 unspecified atom stereocenters. The Labute approximate surface area is 188 Å². The summed E-state index contributed by atoms with van der Waals surface area (Å²) >= 11 is 2.12. The summed E-state index contributed by atoms with van der Waals surface area (Å²) in [6.45, 7) is 2.17. The first-order valence-corrected chi connectivity index (χ1v) is 10.2. The lowest BCUT2D eigenvalue weighted by atomic mass is 10.1. The molecule has 0 aromatic heterocycles. The minimum atomic E-state index is -0.468. The molecule has 0 atom stereocenters. The van der Waals surface area contributed by atoms with Crippen molar-refractivity contribution in [2.45, 2.75) is 13.5 Å². The van der Waals surface area contributed by atoms with Crippen molar-refractivity contribution in [3.05, 3.63) is 98.4 Å². The largest absolute Gasteiger partial charge is 0.488 e. The van der Waals surface area contributed by atoms with Gasteiger partial charge in [-0.25, -0.2) is 4.39 Å². The molecule has 0 aliphatic heterocycles. The van der Waals surface area contributed by atoms with Crippen LogP contribution in [-0.4, -0.2) is 5.91 Å². The van der Waals surface area contributed by atoms with E-state index in [-0.39, 0.29) is 18.0 Å². The molecule has 0 bridgehead atoms. The van der Waals surface area contributed by atoms with Gasteiger partial charge in [-0.3, -0.25) is 4.79 Å². The molecule has 1 N–H and O–H groups in total. The van der Waals surface area contributed by atoms with E-state index in [0.29, 0.717) is 17.0 Å². The third-order valence-electron chi connectivity index (χ3n) is 4.19. The average Bonchev–Trinajstić information content (AvgIpc) is 2.71. The van der Waals surface area contributed by atoms with Gasteiger partial charge in [-0.05, 0) is 88.7 Å². The number of carbonyl (C=O) groups excluding carboxylic acids is 1. The molecule has 3 rings (SSSR count). The van der Waals surface area contributed by atoms with E-state index in [0.717, 1.165) is 14.7 Å². The van der Waals surface area contributed by atoms with Crippen molar-refractivity contribution in [3.63, 3.8) is 0 Å². The van der Waals surface area contributed by atoms with Crippen molar-refractivity contribution in [1.29, 1.82) is 5.26 Å². The summed E-state index contributed by atoms with van der Waals surface area (Å²) in [6, 6.07) is 20.9. The number of anilines is 1. The highest BCUT2D eigenvalue weighted by Crippen LogP contribution is 2.24. The van der Waals surface area contributed by atoms with Gasteiger partial charge in [-0.15, -0.1) is 0 Å². The number of hydrogen-bond donors (Lipinski definition) is 1. The van der Waals surface area contributed by atoms with Gasteiger partial charge < -0.3 is 10.1 Å². The van der Waals surface area contributed by atoms with Gasteiger partial charge >= 0.3 is 0 Å². The van der Waals surface area contributed by atoms with Crippen LogP contribution in [0.4, 0.5) is 10.1 Å². The van der Waals surface area contributed by atoms with Crippen LogP contribution in [0.2, 0.25) is 0 Å². The lowest BCUT2D eigenvalue weighted by molar-refractivity contribution is -0.112. The molecular weight excluding hydrogens is 494 g/mol. The van der Waals surface area contributed by atoms with Crippen LogP contribution in [0, 0.1) is 27.6 Å². The van der Waals surface area contributed by atoms with Crippen LogP contribution in [0.15, 0.2) is 72.3 Å². The Morgan fingerprint density at radius 1 is 1.17 bits per heavy atom. The molecule has 0 fully saturated rings. The van der Waals surface area contributed by atoms with E-state index in [1.54, 1.807) is 30.3 Å². The monoisotopic (exact) mass is 512 g/mol. The first-order valence-electron chi connectivity index (χ1n) is 9.11. The van der Waals surface area contributed by atoms with E-state index in [1.807, 2.05) is 37.3 Å². The first-order chi connectivity index (χ1) is 14.4. The summed E-state index contributed by atoms with van der Waals surface area (Å²) in [5.41, 5.74) is 3.08. The van der Waals surface area contributed by atoms with Crippen LogP contribution >= 0.6 is 22.6 Å². The maximum absolute atomic E-state index is 13.3. The van der Waals surface area contributed by atoms with Gasteiger partial charge in [0.1, 0.15) is 29.8 Å². The fourth-order valence-corrected chi connectivity index (χ4v) is 3.44. The SMILES string of the molecule is Cc1cccc(NC(=O)/C(C#N)=C\c2ccc(OCc3cccc(F)c3)c(I)c2)c1. The third-order valence-corrected chi connectivity index (χ3v) is 5.03. The van der Waals surface area contributed by atoms with Crippen molar-refractivity contribution in [3.8, 4) is 11.8 Å². The van der Waals surface area contributed by atoms with Crippen molar-refractivity contribution in [1.82, 2.24) is 0 Å². The van der Waals surface area contributed by atoms with E-state index in [2.05, 4.69) is 27.9 Å². The minimum absolute atomic E-state index is 0.000681. The number of hydrogen-bond acceptors (Lipinski definition) is 3. The van der Waals surface area contributed by atoms with Crippen LogP contribution in [0.3, 0.4) is 0 Å². The number of carbonyl (C=O) groups is 1. The molecular formula is C24H18FIN2O2. The molecule has 0 saturated heterocycles. The van der Waals surface area contributed by atoms with E-state index < -0.39 is 5.91 Å². The molecule has 1 amide bonds. The summed E-state index contributed by atoms with van der Waals surface area (Å²) in [4.78, 5) is 12.4. The van der Waals surface area contributed by atoms with Gasteiger partial charge in [0.05, 0.1) is 3.57 Å². The van der Waals surface area contributed by atoms with Crippen molar-refractivity contribution in [2.75, 3.05) is 5.32 Å². The normalized spacial score (nSPS) is 10.9. The predicted octanol–water partition coefficient (Wildman–Crippen LogP) is 5.86. The van der Waals surface area contributed by atoms with Crippen LogP contribution in [0.5, 0.6) is 5.75 Å². The molecule has 4 nitrogen and oxygen atoms in total. The lowest BCUT2D eigenvalue weighted by Crippen LogP contribution is -2.13. The Morgan fingerprint density at radius 2 is 1.97 bits per heavy atom. The van der Waals surface area contributed by atoms with Crippen molar-refractivity contribution < 1.29 is 13.9 Å². The first kappa shape index (κ1) is 21.5. The molecule has 0 aliphatic rings. The highest BCUT2D eigenvalue weighted by molar-refractivity contribution is 14.1. The second-order valence-corrected chi connectivity index (χ2v) is 7.76. The second-order valence-electron chi connectivity index (χ2n) is 6.60. The number of nitrogens with one attached hydrogen (secondary N) is 1. The number of ether oxygens (including phenoxy) is 1. The molecule has 150 valence electrons. The zero-order valence-corrected chi connectivity index (χ0v) is 18.3. The Hall–Kier alpha value is -3.18. The minimum Gasteiger partial charge on any atom is -0.488 e. The van der Waals surface area contributed by atoms with Gasteiger partial charge in [-0.1, -0.05) is 30.3 Å². The fraction of sp³-hybridized carbons (Fsp3) is 0.0833. The van der Waals surface area contributed by atoms with Crippen LogP contribution in [0.1, 0.15) is 16.7 Å². The predicted molar refractivity (Wildman–Crippen MR) is 123 cm³/mol. The van der Waals surface area contributed by atoms with E-state index in [9.17, 15) is 14.4 Å². The molecule has 0 saturated carbocycles. The third kappa shape index (κ3) is 5.91. The number of amides is 1. The molecule has 0 radical (unpaired) electrons. The number of nitriles is 1. The highest BCUT2D eigenvalue weighted by Gasteiger charge is 2.11. The highest BCUT2D eigenvalue weighted by atomic mass is 127. The molecule has 0 heterocycles. The maximum atomic E-state index is 13.3. The van der Waals surface area contributed by atoms with Crippen molar-refractivity contribution in [2.24, 2.45) is 0 Å². The zero-order valence-electron chi connectivity index (χ0n) is 16.2. The van der Waals surface area contributed by atoms with Crippen LogP contribution in [-0.2, 0) is 11.4 Å². The zero-order chi connectivity index (χ0) is 21.5. The number of rotatable bonds is 6. The summed E-state index contributed by atoms with van der Waals surface area (Å²) in [5, 5.41) is 12.1. The topological polar surface area (TPSA) is 62.1 Å². The summed E-state index contributed by atoms with van der Waals surface area (Å²) in [5.74, 6) is -0.136. The smallest absolute Gasteiger partial charge is 0.266 e. The number of aryl methyl sites for hydroxylation is 1. The summed E-state index contributed by atoms with van der Waals surface area (Å²) in [7, 11) is 0. The molecule has 0 spiro atoms. The van der Waals surface area contributed by atoms with E-state index >= 15 is 0 Å². The maximum Gasteiger partial charge on any atom is 0.266 e. The van der Waals surface area contributed by atoms with Gasteiger partial charge in [0, 0.05) is 5.69 Å². The van der Waals surface area contributed by atoms with Crippen LogP contribution in [0.25, 0.3) is 6.08 Å². The van der Waals surface area contributed by atoms with Gasteiger partial charge in [-0.2, -0.15) is 5.26 Å². The Balaban J connectivity index is 1.71. The van der Waals surface area contributed by atoms with E-state index in [4.69, 9.17) is 4.74 Å². The molecule has 3 aromatic rings. The quantitative estimate of drug-likeness (QED) is 0.256. The van der Waals surface area contributed by atoms with Gasteiger partial charge in [0.25, 0.3) is 5.91 Å². The van der Waals surface area contributed by atoms with Crippen molar-refractivity contribution >= 4 is 40.3 Å². The second kappa shape index (κ2) is 10.0. The van der Waals surface area contributed by atoms with Gasteiger partial charge in [0.2, 0.25) is 0 Å². The van der Waals surface area contributed by atoms with Crippen LogP contribution < -0.4 is 10.1 Å². The Bertz CT molecular complexity index is 1150. The number of halogens is 2. The molecule has 0 aliphatic carbocycles. The molecule has 30 heavy (non-hydrogen) atoms. The average molecular weight is 512 g/mol. The molecule has 6 heteroatoms.